The fourth-order valence-electron chi connectivity index (χ4n) is 1.58. The van der Waals surface area contributed by atoms with Gasteiger partial charge in [-0.25, -0.2) is 0 Å². The normalized spacial score (nSPS) is 9.83. The molecule has 0 bridgehead atoms. The summed E-state index contributed by atoms with van der Waals surface area (Å²) in [6, 6.07) is 15.2. The van der Waals surface area contributed by atoms with E-state index >= 15 is 0 Å². The van der Waals surface area contributed by atoms with Crippen LogP contribution >= 0.6 is 27.5 Å². The quantitative estimate of drug-likeness (QED) is 0.897. The van der Waals surface area contributed by atoms with Crippen LogP contribution in [0.1, 0.15) is 11.1 Å². The van der Waals surface area contributed by atoms with Gasteiger partial charge in [-0.2, -0.15) is 5.26 Å². The summed E-state index contributed by atoms with van der Waals surface area (Å²) in [5.41, 5.74) is 2.66. The van der Waals surface area contributed by atoms with Crippen LogP contribution in [0.25, 0.3) is 0 Å². The van der Waals surface area contributed by atoms with Gasteiger partial charge in [-0.1, -0.05) is 23.7 Å². The van der Waals surface area contributed by atoms with E-state index in [4.69, 9.17) is 16.9 Å². The molecule has 0 aliphatic rings. The van der Waals surface area contributed by atoms with Crippen molar-refractivity contribution >= 4 is 33.2 Å². The average molecular weight is 322 g/mol. The van der Waals surface area contributed by atoms with Crippen LogP contribution in [-0.2, 0) is 6.54 Å². The third-order valence-electron chi connectivity index (χ3n) is 2.47. The second-order valence-corrected chi connectivity index (χ2v) is 5.08. The Morgan fingerprint density at radius 3 is 2.83 bits per heavy atom. The Bertz CT molecular complexity index is 605. The van der Waals surface area contributed by atoms with Crippen LogP contribution in [0.3, 0.4) is 0 Å². The lowest BCUT2D eigenvalue weighted by Crippen LogP contribution is -2.00. The molecule has 0 saturated carbocycles. The molecule has 18 heavy (non-hydrogen) atoms. The Kier molecular flexibility index (Phi) is 4.24. The molecule has 2 aromatic rings. The molecule has 2 nitrogen and oxygen atoms in total. The summed E-state index contributed by atoms with van der Waals surface area (Å²) >= 11 is 9.40. The van der Waals surface area contributed by atoms with E-state index in [2.05, 4.69) is 27.3 Å². The van der Waals surface area contributed by atoms with Gasteiger partial charge in [0, 0.05) is 16.0 Å². The van der Waals surface area contributed by atoms with Crippen LogP contribution < -0.4 is 5.32 Å². The largest absolute Gasteiger partial charge is 0.380 e. The fraction of sp³-hybridized carbons (Fsp3) is 0.0714. The van der Waals surface area contributed by atoms with Gasteiger partial charge in [0.15, 0.2) is 0 Å². The lowest BCUT2D eigenvalue weighted by molar-refractivity contribution is 1.14. The van der Waals surface area contributed by atoms with Crippen molar-refractivity contribution in [2.24, 2.45) is 0 Å². The van der Waals surface area contributed by atoms with E-state index in [1.165, 1.54) is 0 Å². The Balaban J connectivity index is 2.11. The molecule has 0 fully saturated rings. The van der Waals surface area contributed by atoms with Crippen molar-refractivity contribution in [1.82, 2.24) is 0 Å². The van der Waals surface area contributed by atoms with Crippen molar-refractivity contribution in [3.63, 3.8) is 0 Å². The maximum absolute atomic E-state index is 8.83. The minimum atomic E-state index is 0.647. The monoisotopic (exact) mass is 320 g/mol. The molecule has 0 spiro atoms. The van der Waals surface area contributed by atoms with Gasteiger partial charge in [-0.05, 0) is 51.8 Å². The van der Waals surface area contributed by atoms with E-state index in [1.54, 1.807) is 6.07 Å². The first-order valence-corrected chi connectivity index (χ1v) is 6.54. The summed E-state index contributed by atoms with van der Waals surface area (Å²) in [5, 5.41) is 12.8. The Morgan fingerprint density at radius 2 is 2.06 bits per heavy atom. The number of nitrogens with one attached hydrogen (secondary N) is 1. The van der Waals surface area contributed by atoms with Crippen LogP contribution in [0, 0.1) is 11.3 Å². The SMILES string of the molecule is N#Cc1cccc(CNc2cc(Cl)ccc2Br)c1. The molecule has 0 aliphatic carbocycles. The zero-order chi connectivity index (χ0) is 13.0. The van der Waals surface area contributed by atoms with Gasteiger partial charge in [0.1, 0.15) is 0 Å². The maximum Gasteiger partial charge on any atom is 0.0991 e. The Morgan fingerprint density at radius 1 is 1.22 bits per heavy atom. The molecule has 2 aromatic carbocycles. The van der Waals surface area contributed by atoms with Crippen molar-refractivity contribution in [2.45, 2.75) is 6.54 Å². The van der Waals surface area contributed by atoms with Crippen LogP contribution in [0.2, 0.25) is 5.02 Å². The molecule has 0 radical (unpaired) electrons. The number of rotatable bonds is 3. The van der Waals surface area contributed by atoms with Crippen molar-refractivity contribution in [3.8, 4) is 6.07 Å². The lowest BCUT2D eigenvalue weighted by atomic mass is 10.1. The van der Waals surface area contributed by atoms with Crippen molar-refractivity contribution in [1.29, 1.82) is 5.26 Å². The summed E-state index contributed by atoms with van der Waals surface area (Å²) < 4.78 is 0.961. The summed E-state index contributed by atoms with van der Waals surface area (Å²) in [7, 11) is 0. The zero-order valence-electron chi connectivity index (χ0n) is 9.45. The maximum atomic E-state index is 8.83. The predicted molar refractivity (Wildman–Crippen MR) is 77.6 cm³/mol. The highest BCUT2D eigenvalue weighted by molar-refractivity contribution is 9.10. The predicted octanol–water partition coefficient (Wildman–Crippen LogP) is 4.59. The number of hydrogen-bond acceptors (Lipinski definition) is 2. The Hall–Kier alpha value is -1.50. The van der Waals surface area contributed by atoms with Gasteiger partial charge in [0.25, 0.3) is 0 Å². The summed E-state index contributed by atoms with van der Waals surface area (Å²) in [4.78, 5) is 0. The number of nitrogens with zero attached hydrogens (tertiary/aromatic N) is 1. The molecule has 0 unspecified atom stereocenters. The molecule has 90 valence electrons. The first kappa shape index (κ1) is 12.9. The zero-order valence-corrected chi connectivity index (χ0v) is 11.8. The number of hydrogen-bond donors (Lipinski definition) is 1. The van der Waals surface area contributed by atoms with Gasteiger partial charge >= 0.3 is 0 Å². The highest BCUT2D eigenvalue weighted by Crippen LogP contribution is 2.26. The molecule has 0 saturated heterocycles. The molecule has 0 heterocycles. The number of halogens is 2. The third kappa shape index (κ3) is 3.25. The minimum Gasteiger partial charge on any atom is -0.380 e. The molecule has 0 aliphatic heterocycles. The van der Waals surface area contributed by atoms with Crippen LogP contribution in [0.5, 0.6) is 0 Å². The molecular weight excluding hydrogens is 312 g/mol. The minimum absolute atomic E-state index is 0.647. The van der Waals surface area contributed by atoms with E-state index in [1.807, 2.05) is 36.4 Å². The Labute approximate surface area is 119 Å². The van der Waals surface area contributed by atoms with E-state index < -0.39 is 0 Å². The van der Waals surface area contributed by atoms with E-state index in [0.29, 0.717) is 17.1 Å². The summed E-state index contributed by atoms with van der Waals surface area (Å²) in [6.45, 7) is 0.647. The molecule has 1 N–H and O–H groups in total. The summed E-state index contributed by atoms with van der Waals surface area (Å²) in [5.74, 6) is 0. The smallest absolute Gasteiger partial charge is 0.0991 e. The van der Waals surface area contributed by atoms with Gasteiger partial charge in [0.05, 0.1) is 17.3 Å². The molecule has 0 amide bonds. The van der Waals surface area contributed by atoms with E-state index in [0.717, 1.165) is 15.7 Å². The van der Waals surface area contributed by atoms with E-state index in [-0.39, 0.29) is 0 Å². The first-order valence-electron chi connectivity index (χ1n) is 5.37. The van der Waals surface area contributed by atoms with Crippen LogP contribution in [0.15, 0.2) is 46.9 Å². The van der Waals surface area contributed by atoms with Crippen molar-refractivity contribution in [2.75, 3.05) is 5.32 Å². The van der Waals surface area contributed by atoms with Gasteiger partial charge in [0.2, 0.25) is 0 Å². The highest BCUT2D eigenvalue weighted by Gasteiger charge is 2.01. The second kappa shape index (κ2) is 5.90. The van der Waals surface area contributed by atoms with Crippen LogP contribution in [-0.4, -0.2) is 0 Å². The topological polar surface area (TPSA) is 35.8 Å². The van der Waals surface area contributed by atoms with Crippen molar-refractivity contribution < 1.29 is 0 Å². The number of nitriles is 1. The van der Waals surface area contributed by atoms with Crippen molar-refractivity contribution in [3.05, 3.63) is 63.1 Å². The lowest BCUT2D eigenvalue weighted by Gasteiger charge is -2.09. The number of anilines is 1. The standard InChI is InChI=1S/C14H10BrClN2/c15-13-5-4-12(16)7-14(13)18-9-11-3-1-2-10(6-11)8-17/h1-7,18H,9H2. The van der Waals surface area contributed by atoms with E-state index in [9.17, 15) is 0 Å². The molecule has 2 rings (SSSR count). The molecule has 0 aromatic heterocycles. The first-order chi connectivity index (χ1) is 8.69. The second-order valence-electron chi connectivity index (χ2n) is 3.79. The molecule has 4 heteroatoms. The van der Waals surface area contributed by atoms with Gasteiger partial charge in [-0.3, -0.25) is 0 Å². The number of benzene rings is 2. The van der Waals surface area contributed by atoms with Crippen LogP contribution in [0.4, 0.5) is 5.69 Å². The average Bonchev–Trinajstić information content (AvgIpc) is 2.40. The van der Waals surface area contributed by atoms with Gasteiger partial charge in [-0.15, -0.1) is 0 Å². The van der Waals surface area contributed by atoms with Gasteiger partial charge < -0.3 is 5.32 Å². The molecular formula is C14H10BrClN2. The molecule has 0 atom stereocenters. The summed E-state index contributed by atoms with van der Waals surface area (Å²) in [6.07, 6.45) is 0. The fourth-order valence-corrected chi connectivity index (χ4v) is 2.14. The third-order valence-corrected chi connectivity index (χ3v) is 3.39. The highest BCUT2D eigenvalue weighted by atomic mass is 79.9.